The summed E-state index contributed by atoms with van der Waals surface area (Å²) < 4.78 is 11.7. The molecule has 2 heterocycles. The van der Waals surface area contributed by atoms with Crippen LogP contribution in [0.4, 0.5) is 0 Å². The minimum Gasteiger partial charge on any atom is -0.503 e. The van der Waals surface area contributed by atoms with Gasteiger partial charge in [-0.15, -0.1) is 0 Å². The molecule has 3 aromatic carbocycles. The van der Waals surface area contributed by atoms with Crippen molar-refractivity contribution in [2.45, 2.75) is 19.5 Å². The Bertz CT molecular complexity index is 1460. The number of aryl methyl sites for hydroxylation is 1. The lowest BCUT2D eigenvalue weighted by Gasteiger charge is -2.26. The lowest BCUT2D eigenvalue weighted by Crippen LogP contribution is -2.29. The second-order valence-corrected chi connectivity index (χ2v) is 8.90. The average molecular weight is 506 g/mol. The lowest BCUT2D eigenvalue weighted by atomic mass is 9.97. The van der Waals surface area contributed by atoms with Gasteiger partial charge in [0.25, 0.3) is 5.91 Å². The van der Waals surface area contributed by atoms with Crippen LogP contribution < -0.4 is 10.2 Å². The molecule has 6 nitrogen and oxygen atoms in total. The Morgan fingerprint density at radius 1 is 1.09 bits per heavy atom. The van der Waals surface area contributed by atoms with E-state index >= 15 is 0 Å². The first-order valence-electron chi connectivity index (χ1n) is 10.4. The zero-order valence-electron chi connectivity index (χ0n) is 18.0. The number of fused-ring (bicyclic) bond motifs is 2. The molecule has 1 amide bonds. The maximum absolute atomic E-state index is 13.7. The molecule has 7 heteroatoms. The van der Waals surface area contributed by atoms with Crippen LogP contribution in [-0.2, 0) is 6.54 Å². The van der Waals surface area contributed by atoms with Crippen molar-refractivity contribution in [1.82, 2.24) is 4.90 Å². The monoisotopic (exact) mass is 505 g/mol. The second kappa shape index (κ2) is 8.08. The Morgan fingerprint density at radius 2 is 1.85 bits per heavy atom. The largest absolute Gasteiger partial charge is 0.503 e. The average Bonchev–Trinajstić information content (AvgIpc) is 3.08. The number of benzene rings is 3. The molecule has 166 valence electrons. The number of phenols is 1. The number of hydrogen-bond acceptors (Lipinski definition) is 5. The maximum atomic E-state index is 13.7. The van der Waals surface area contributed by atoms with Crippen molar-refractivity contribution in [3.05, 3.63) is 103 Å². The number of aromatic hydroxyl groups is 1. The fourth-order valence-corrected chi connectivity index (χ4v) is 4.79. The number of methoxy groups -OCH3 is 1. The lowest BCUT2D eigenvalue weighted by molar-refractivity contribution is 0.0714. The molecule has 1 N–H and O–H groups in total. The summed E-state index contributed by atoms with van der Waals surface area (Å²) in [4.78, 5) is 28.8. The number of amides is 1. The van der Waals surface area contributed by atoms with Crippen LogP contribution in [0.2, 0.25) is 0 Å². The summed E-state index contributed by atoms with van der Waals surface area (Å²) in [5.74, 6) is -0.135. The number of halogens is 1. The fraction of sp³-hybridized carbons (Fsp3) is 0.154. The van der Waals surface area contributed by atoms with Gasteiger partial charge in [0.2, 0.25) is 5.76 Å². The van der Waals surface area contributed by atoms with E-state index in [1.165, 1.54) is 7.11 Å². The van der Waals surface area contributed by atoms with E-state index in [4.69, 9.17) is 9.15 Å². The van der Waals surface area contributed by atoms with Crippen LogP contribution in [0.3, 0.4) is 0 Å². The third kappa shape index (κ3) is 3.49. The first-order valence-corrected chi connectivity index (χ1v) is 11.2. The molecule has 0 spiro atoms. The number of nitrogens with zero attached hydrogens (tertiary/aromatic N) is 1. The highest BCUT2D eigenvalue weighted by Crippen LogP contribution is 2.44. The zero-order valence-corrected chi connectivity index (χ0v) is 19.5. The molecule has 1 aliphatic rings. The molecule has 1 aliphatic heterocycles. The molecule has 1 atom stereocenters. The highest BCUT2D eigenvalue weighted by molar-refractivity contribution is 9.10. The van der Waals surface area contributed by atoms with Crippen LogP contribution in [0.1, 0.15) is 38.9 Å². The van der Waals surface area contributed by atoms with Crippen molar-refractivity contribution in [3.8, 4) is 11.5 Å². The van der Waals surface area contributed by atoms with Gasteiger partial charge in [0.15, 0.2) is 16.9 Å². The van der Waals surface area contributed by atoms with E-state index in [2.05, 4.69) is 15.9 Å². The number of rotatable bonds is 4. The molecule has 33 heavy (non-hydrogen) atoms. The molecule has 1 aromatic heterocycles. The number of ether oxygens (including phenoxy) is 1. The summed E-state index contributed by atoms with van der Waals surface area (Å²) in [6, 6.07) is 17.5. The maximum Gasteiger partial charge on any atom is 0.291 e. The van der Waals surface area contributed by atoms with E-state index in [9.17, 15) is 14.7 Å². The molecule has 0 fully saturated rings. The third-order valence-electron chi connectivity index (χ3n) is 5.90. The second-order valence-electron chi connectivity index (χ2n) is 8.05. The highest BCUT2D eigenvalue weighted by Gasteiger charge is 2.43. The minimum absolute atomic E-state index is 0.0421. The molecule has 1 unspecified atom stereocenters. The Labute approximate surface area is 198 Å². The van der Waals surface area contributed by atoms with Crippen molar-refractivity contribution < 1.29 is 19.1 Å². The number of phenolic OH excluding ortho intramolecular Hbond substituents is 1. The molecule has 0 radical (unpaired) electrons. The van der Waals surface area contributed by atoms with Gasteiger partial charge < -0.3 is 19.2 Å². The van der Waals surface area contributed by atoms with Crippen molar-refractivity contribution in [1.29, 1.82) is 0 Å². The first-order chi connectivity index (χ1) is 15.9. The summed E-state index contributed by atoms with van der Waals surface area (Å²) in [6.45, 7) is 2.18. The topological polar surface area (TPSA) is 80.0 Å². The van der Waals surface area contributed by atoms with Crippen molar-refractivity contribution >= 4 is 32.8 Å². The minimum atomic E-state index is -0.709. The Morgan fingerprint density at radius 3 is 2.58 bits per heavy atom. The SMILES string of the molecule is COc1cc(C2c3c(oc4ccc(C)cc4c3=O)C(=O)N2Cc2ccccc2)cc(Br)c1O. The summed E-state index contributed by atoms with van der Waals surface area (Å²) in [7, 11) is 1.45. The molecule has 0 bridgehead atoms. The van der Waals surface area contributed by atoms with Gasteiger partial charge in [-0.05, 0) is 58.2 Å². The van der Waals surface area contributed by atoms with Gasteiger partial charge in [-0.25, -0.2) is 0 Å². The normalized spacial score (nSPS) is 15.2. The van der Waals surface area contributed by atoms with E-state index in [0.29, 0.717) is 21.0 Å². The van der Waals surface area contributed by atoms with Crippen molar-refractivity contribution in [3.63, 3.8) is 0 Å². The molecule has 0 saturated heterocycles. The van der Waals surface area contributed by atoms with Gasteiger partial charge in [0.1, 0.15) is 5.58 Å². The Hall–Kier alpha value is -3.58. The smallest absolute Gasteiger partial charge is 0.291 e. The Balaban J connectivity index is 1.77. The molecule has 5 rings (SSSR count). The summed E-state index contributed by atoms with van der Waals surface area (Å²) >= 11 is 3.36. The number of carbonyl (C=O) groups is 1. The van der Waals surface area contributed by atoms with Crippen LogP contribution in [0.5, 0.6) is 11.5 Å². The van der Waals surface area contributed by atoms with Gasteiger partial charge in [-0.3, -0.25) is 9.59 Å². The van der Waals surface area contributed by atoms with Crippen LogP contribution in [0, 0.1) is 6.92 Å². The van der Waals surface area contributed by atoms with Gasteiger partial charge in [-0.2, -0.15) is 0 Å². The van der Waals surface area contributed by atoms with Gasteiger partial charge in [0.05, 0.1) is 28.6 Å². The van der Waals surface area contributed by atoms with Crippen LogP contribution in [0.25, 0.3) is 11.0 Å². The van der Waals surface area contributed by atoms with Crippen LogP contribution in [0.15, 0.2) is 74.3 Å². The number of hydrogen-bond donors (Lipinski definition) is 1. The van der Waals surface area contributed by atoms with E-state index in [-0.39, 0.29) is 40.7 Å². The van der Waals surface area contributed by atoms with Crippen molar-refractivity contribution in [2.24, 2.45) is 0 Å². The van der Waals surface area contributed by atoms with Crippen LogP contribution in [-0.4, -0.2) is 23.0 Å². The molecule has 4 aromatic rings. The molecular formula is C26H20BrNO5. The molecule has 0 aliphatic carbocycles. The predicted molar refractivity (Wildman–Crippen MR) is 128 cm³/mol. The Kier molecular flexibility index (Phi) is 5.21. The number of carbonyl (C=O) groups excluding carboxylic acids is 1. The fourth-order valence-electron chi connectivity index (χ4n) is 4.33. The molecule has 0 saturated carbocycles. The van der Waals surface area contributed by atoms with E-state index < -0.39 is 6.04 Å². The van der Waals surface area contributed by atoms with E-state index in [1.807, 2.05) is 43.3 Å². The summed E-state index contributed by atoms with van der Waals surface area (Å²) in [6.07, 6.45) is 0. The third-order valence-corrected chi connectivity index (χ3v) is 6.51. The zero-order chi connectivity index (χ0) is 23.3. The first kappa shape index (κ1) is 21.3. The summed E-state index contributed by atoms with van der Waals surface area (Å²) in [5, 5.41) is 10.7. The van der Waals surface area contributed by atoms with E-state index in [0.717, 1.165) is 11.1 Å². The quantitative estimate of drug-likeness (QED) is 0.405. The summed E-state index contributed by atoms with van der Waals surface area (Å²) in [5.41, 5.74) is 2.88. The van der Waals surface area contributed by atoms with Gasteiger partial charge in [-0.1, -0.05) is 42.0 Å². The van der Waals surface area contributed by atoms with Gasteiger partial charge in [0, 0.05) is 6.54 Å². The van der Waals surface area contributed by atoms with E-state index in [1.54, 1.807) is 29.2 Å². The molecular weight excluding hydrogens is 486 g/mol. The van der Waals surface area contributed by atoms with Gasteiger partial charge >= 0.3 is 0 Å². The predicted octanol–water partition coefficient (Wildman–Crippen LogP) is 5.32. The van der Waals surface area contributed by atoms with Crippen LogP contribution >= 0.6 is 15.9 Å². The standard InChI is InChI=1S/C26H20BrNO5/c1-14-8-9-19-17(10-14)23(29)21-22(16-11-18(27)24(30)20(12-16)32-2)28(26(31)25(21)33-19)13-15-6-4-3-5-7-15/h3-12,22,30H,13H2,1-2H3. The van der Waals surface area contributed by atoms with Crippen molar-refractivity contribution in [2.75, 3.05) is 7.11 Å². The highest BCUT2D eigenvalue weighted by atomic mass is 79.9.